The molecule has 1 aromatic carbocycles. The molecule has 1 amide bonds. The number of carboxylic acids is 1. The van der Waals surface area contributed by atoms with Crippen molar-refractivity contribution in [2.45, 2.75) is 19.8 Å². The van der Waals surface area contributed by atoms with Gasteiger partial charge in [0.1, 0.15) is 0 Å². The molecular formula is C17H15ClN2O3. The van der Waals surface area contributed by atoms with E-state index in [0.717, 1.165) is 22.4 Å². The number of carbonyl (C=O) groups is 2. The standard InChI is InChI=1S/C17H15ClN2O3/c1-9-8-19-14(11(9)4-5-16(21)22)7-13-12-3-2-10(18)6-15(12)20-17(13)23/h2-3,6-8,19H,4-5H2,1H3,(H,20,23)(H,21,22)/b13-7-. The molecule has 1 aliphatic heterocycles. The van der Waals surface area contributed by atoms with Gasteiger partial charge < -0.3 is 15.4 Å². The second-order valence-electron chi connectivity index (χ2n) is 5.46. The number of hydrogen-bond donors (Lipinski definition) is 3. The van der Waals surface area contributed by atoms with Crippen LogP contribution in [0.4, 0.5) is 5.69 Å². The molecular weight excluding hydrogens is 316 g/mol. The van der Waals surface area contributed by atoms with E-state index in [9.17, 15) is 9.59 Å². The van der Waals surface area contributed by atoms with Gasteiger partial charge in [-0.2, -0.15) is 0 Å². The van der Waals surface area contributed by atoms with E-state index in [1.54, 1.807) is 24.3 Å². The van der Waals surface area contributed by atoms with Gasteiger partial charge in [-0.15, -0.1) is 0 Å². The number of anilines is 1. The Morgan fingerprint density at radius 2 is 2.17 bits per heavy atom. The number of fused-ring (bicyclic) bond motifs is 1. The number of benzene rings is 1. The van der Waals surface area contributed by atoms with Gasteiger partial charge >= 0.3 is 5.97 Å². The van der Waals surface area contributed by atoms with Crippen LogP contribution in [0.15, 0.2) is 24.4 Å². The maximum atomic E-state index is 12.2. The molecule has 1 aliphatic rings. The van der Waals surface area contributed by atoms with Gasteiger partial charge in [0.25, 0.3) is 5.91 Å². The fourth-order valence-corrected chi connectivity index (χ4v) is 2.89. The van der Waals surface area contributed by atoms with Crippen LogP contribution in [0.2, 0.25) is 5.02 Å². The van der Waals surface area contributed by atoms with Gasteiger partial charge in [0.2, 0.25) is 0 Å². The van der Waals surface area contributed by atoms with E-state index in [0.29, 0.717) is 22.7 Å². The Kier molecular flexibility index (Phi) is 3.96. The number of aromatic amines is 1. The minimum atomic E-state index is -0.845. The molecule has 3 N–H and O–H groups in total. The summed E-state index contributed by atoms with van der Waals surface area (Å²) in [6, 6.07) is 5.24. The summed E-state index contributed by atoms with van der Waals surface area (Å²) in [5.74, 6) is -1.04. The molecule has 0 saturated heterocycles. The molecule has 118 valence electrons. The monoisotopic (exact) mass is 330 g/mol. The lowest BCUT2D eigenvalue weighted by atomic mass is 10.0. The molecule has 0 aliphatic carbocycles. The fourth-order valence-electron chi connectivity index (χ4n) is 2.72. The molecule has 0 saturated carbocycles. The van der Waals surface area contributed by atoms with E-state index in [1.165, 1.54) is 0 Å². The number of carbonyl (C=O) groups excluding carboxylic acids is 1. The molecule has 0 radical (unpaired) electrons. The molecule has 0 unspecified atom stereocenters. The highest BCUT2D eigenvalue weighted by atomic mass is 35.5. The Hall–Kier alpha value is -2.53. The van der Waals surface area contributed by atoms with Crippen molar-refractivity contribution in [3.63, 3.8) is 0 Å². The molecule has 2 heterocycles. The van der Waals surface area contributed by atoms with Crippen molar-refractivity contribution in [3.8, 4) is 0 Å². The molecule has 0 spiro atoms. The third kappa shape index (κ3) is 3.00. The number of nitrogens with one attached hydrogen (secondary N) is 2. The van der Waals surface area contributed by atoms with E-state index < -0.39 is 5.97 Å². The molecule has 2 aromatic rings. The van der Waals surface area contributed by atoms with Crippen molar-refractivity contribution in [1.82, 2.24) is 4.98 Å². The van der Waals surface area contributed by atoms with Crippen molar-refractivity contribution in [3.05, 3.63) is 51.8 Å². The predicted octanol–water partition coefficient (Wildman–Crippen LogP) is 3.49. The van der Waals surface area contributed by atoms with Crippen molar-refractivity contribution in [2.24, 2.45) is 0 Å². The first-order chi connectivity index (χ1) is 11.0. The van der Waals surface area contributed by atoms with Gasteiger partial charge in [-0.1, -0.05) is 17.7 Å². The molecule has 5 nitrogen and oxygen atoms in total. The summed E-state index contributed by atoms with van der Waals surface area (Å²) in [5.41, 5.74) is 4.66. The summed E-state index contributed by atoms with van der Waals surface area (Å²) < 4.78 is 0. The molecule has 0 bridgehead atoms. The fraction of sp³-hybridized carbons (Fsp3) is 0.176. The first-order valence-corrected chi connectivity index (χ1v) is 7.55. The van der Waals surface area contributed by atoms with Crippen LogP contribution in [0.1, 0.15) is 28.8 Å². The van der Waals surface area contributed by atoms with Crippen LogP contribution < -0.4 is 5.32 Å². The topological polar surface area (TPSA) is 82.2 Å². The number of aromatic nitrogens is 1. The summed E-state index contributed by atoms with van der Waals surface area (Å²) in [6.45, 7) is 1.91. The van der Waals surface area contributed by atoms with Crippen LogP contribution in [0.5, 0.6) is 0 Å². The number of aryl methyl sites for hydroxylation is 1. The van der Waals surface area contributed by atoms with Gasteiger partial charge in [-0.05, 0) is 42.7 Å². The number of rotatable bonds is 4. The summed E-state index contributed by atoms with van der Waals surface area (Å²) in [4.78, 5) is 26.1. The smallest absolute Gasteiger partial charge is 0.303 e. The minimum Gasteiger partial charge on any atom is -0.481 e. The first-order valence-electron chi connectivity index (χ1n) is 7.17. The van der Waals surface area contributed by atoms with Crippen LogP contribution >= 0.6 is 11.6 Å². The Labute approximate surface area is 138 Å². The van der Waals surface area contributed by atoms with Crippen LogP contribution in [0.25, 0.3) is 11.6 Å². The number of H-pyrrole nitrogens is 1. The number of carboxylic acid groups (broad SMARTS) is 1. The highest BCUT2D eigenvalue weighted by Gasteiger charge is 2.24. The number of hydrogen-bond acceptors (Lipinski definition) is 2. The van der Waals surface area contributed by atoms with Crippen molar-refractivity contribution >= 4 is 40.8 Å². The van der Waals surface area contributed by atoms with Crippen molar-refractivity contribution in [1.29, 1.82) is 0 Å². The third-order valence-corrected chi connectivity index (χ3v) is 4.12. The lowest BCUT2D eigenvalue weighted by Crippen LogP contribution is -2.04. The molecule has 6 heteroatoms. The minimum absolute atomic E-state index is 0.0489. The second kappa shape index (κ2) is 5.93. The van der Waals surface area contributed by atoms with E-state index in [2.05, 4.69) is 10.3 Å². The van der Waals surface area contributed by atoms with Crippen LogP contribution in [0, 0.1) is 6.92 Å². The van der Waals surface area contributed by atoms with Crippen LogP contribution in [-0.2, 0) is 16.0 Å². The van der Waals surface area contributed by atoms with Crippen molar-refractivity contribution in [2.75, 3.05) is 5.32 Å². The summed E-state index contributed by atoms with van der Waals surface area (Å²) in [7, 11) is 0. The quantitative estimate of drug-likeness (QED) is 0.750. The zero-order valence-corrected chi connectivity index (χ0v) is 13.2. The molecule has 3 rings (SSSR count). The van der Waals surface area contributed by atoms with Gasteiger partial charge in [-0.25, -0.2) is 0 Å². The van der Waals surface area contributed by atoms with Crippen LogP contribution in [0.3, 0.4) is 0 Å². The molecule has 23 heavy (non-hydrogen) atoms. The zero-order chi connectivity index (χ0) is 16.6. The average molecular weight is 331 g/mol. The van der Waals surface area contributed by atoms with Gasteiger partial charge in [0.05, 0.1) is 11.3 Å². The largest absolute Gasteiger partial charge is 0.481 e. The number of halogens is 1. The summed E-state index contributed by atoms with van der Waals surface area (Å²) in [5, 5.41) is 12.2. The molecule has 0 atom stereocenters. The SMILES string of the molecule is Cc1c[nH]c(/C=C2\C(=O)Nc3cc(Cl)ccc32)c1CCC(=O)O. The maximum absolute atomic E-state index is 12.2. The van der Waals surface area contributed by atoms with Crippen molar-refractivity contribution < 1.29 is 14.7 Å². The summed E-state index contributed by atoms with van der Waals surface area (Å²) in [6.07, 6.45) is 4.05. The predicted molar refractivity (Wildman–Crippen MR) is 89.4 cm³/mol. The van der Waals surface area contributed by atoms with E-state index in [-0.39, 0.29) is 12.3 Å². The average Bonchev–Trinajstić information content (AvgIpc) is 2.98. The molecule has 1 aromatic heterocycles. The Morgan fingerprint density at radius 1 is 1.39 bits per heavy atom. The number of aliphatic carboxylic acids is 1. The lowest BCUT2D eigenvalue weighted by molar-refractivity contribution is -0.137. The normalized spacial score (nSPS) is 14.9. The highest BCUT2D eigenvalue weighted by Crippen LogP contribution is 2.35. The van der Waals surface area contributed by atoms with E-state index >= 15 is 0 Å². The first kappa shape index (κ1) is 15.4. The van der Waals surface area contributed by atoms with Gasteiger partial charge in [0.15, 0.2) is 0 Å². The highest BCUT2D eigenvalue weighted by molar-refractivity contribution is 6.36. The van der Waals surface area contributed by atoms with Gasteiger partial charge in [0, 0.05) is 28.9 Å². The second-order valence-corrected chi connectivity index (χ2v) is 5.90. The number of amides is 1. The van der Waals surface area contributed by atoms with E-state index in [1.807, 2.05) is 13.1 Å². The lowest BCUT2D eigenvalue weighted by Gasteiger charge is -2.02. The molecule has 0 fully saturated rings. The summed E-state index contributed by atoms with van der Waals surface area (Å²) >= 11 is 5.95. The zero-order valence-electron chi connectivity index (χ0n) is 12.4. The Bertz CT molecular complexity index is 836. The van der Waals surface area contributed by atoms with E-state index in [4.69, 9.17) is 16.7 Å². The maximum Gasteiger partial charge on any atom is 0.303 e. The van der Waals surface area contributed by atoms with Gasteiger partial charge in [-0.3, -0.25) is 9.59 Å². The van der Waals surface area contributed by atoms with Crippen LogP contribution in [-0.4, -0.2) is 22.0 Å². The Morgan fingerprint density at radius 3 is 2.91 bits per heavy atom. The third-order valence-electron chi connectivity index (χ3n) is 3.89. The Balaban J connectivity index is 2.00.